The standard InChI is InChI=1S/C20H26N2O7S2/c1-21(14-6-7-14)20(24)15-11-30-12-22(15)31(25,26)17-10-13(5-8-18(23)28-3)9-16(27-2)19(17)29-4/h5,8-10,14-15H,6-7,11-12H2,1-4H3/b8-5+. The molecule has 0 spiro atoms. The van der Waals surface area contributed by atoms with Gasteiger partial charge in [-0.3, -0.25) is 4.79 Å². The van der Waals surface area contributed by atoms with Crippen molar-refractivity contribution in [1.82, 2.24) is 9.21 Å². The quantitative estimate of drug-likeness (QED) is 0.417. The number of sulfonamides is 1. The van der Waals surface area contributed by atoms with Gasteiger partial charge in [0.1, 0.15) is 10.9 Å². The van der Waals surface area contributed by atoms with E-state index in [0.29, 0.717) is 11.3 Å². The number of hydrogen-bond acceptors (Lipinski definition) is 8. The van der Waals surface area contributed by atoms with Gasteiger partial charge < -0.3 is 19.1 Å². The molecule has 2 fully saturated rings. The highest BCUT2D eigenvalue weighted by atomic mass is 32.2. The van der Waals surface area contributed by atoms with Crippen molar-refractivity contribution in [1.29, 1.82) is 0 Å². The molecule has 1 heterocycles. The third-order valence-corrected chi connectivity index (χ3v) is 8.27. The Morgan fingerprint density at radius 1 is 1.19 bits per heavy atom. The molecule has 1 atom stereocenters. The lowest BCUT2D eigenvalue weighted by atomic mass is 10.2. The van der Waals surface area contributed by atoms with Gasteiger partial charge in [0.15, 0.2) is 11.5 Å². The van der Waals surface area contributed by atoms with Crippen LogP contribution in [0.2, 0.25) is 0 Å². The Bertz CT molecular complexity index is 989. The average molecular weight is 471 g/mol. The van der Waals surface area contributed by atoms with Crippen LogP contribution in [0.3, 0.4) is 0 Å². The second-order valence-corrected chi connectivity index (χ2v) is 10.1. The second kappa shape index (κ2) is 9.49. The minimum Gasteiger partial charge on any atom is -0.493 e. The molecule has 0 N–H and O–H groups in total. The number of carbonyl (C=O) groups excluding carboxylic acids is 2. The van der Waals surface area contributed by atoms with Crippen molar-refractivity contribution < 1.29 is 32.2 Å². The van der Waals surface area contributed by atoms with Gasteiger partial charge in [0, 0.05) is 24.9 Å². The van der Waals surface area contributed by atoms with Crippen molar-refractivity contribution in [2.24, 2.45) is 0 Å². The molecule has 1 amide bonds. The first-order valence-corrected chi connectivity index (χ1v) is 12.2. The van der Waals surface area contributed by atoms with Gasteiger partial charge in [-0.05, 0) is 36.6 Å². The summed E-state index contributed by atoms with van der Waals surface area (Å²) in [6.07, 6.45) is 4.48. The van der Waals surface area contributed by atoms with Gasteiger partial charge >= 0.3 is 5.97 Å². The maximum absolute atomic E-state index is 13.6. The van der Waals surface area contributed by atoms with Crippen LogP contribution in [0.25, 0.3) is 6.08 Å². The van der Waals surface area contributed by atoms with E-state index in [1.165, 1.54) is 55.6 Å². The van der Waals surface area contributed by atoms with E-state index in [4.69, 9.17) is 9.47 Å². The van der Waals surface area contributed by atoms with Crippen LogP contribution in [-0.4, -0.2) is 81.6 Å². The number of amides is 1. The van der Waals surface area contributed by atoms with E-state index in [1.807, 2.05) is 0 Å². The van der Waals surface area contributed by atoms with E-state index in [1.54, 1.807) is 18.0 Å². The van der Waals surface area contributed by atoms with Crippen LogP contribution in [-0.2, 0) is 24.3 Å². The summed E-state index contributed by atoms with van der Waals surface area (Å²) in [4.78, 5) is 25.9. The zero-order valence-corrected chi connectivity index (χ0v) is 19.5. The molecule has 3 rings (SSSR count). The van der Waals surface area contributed by atoms with E-state index in [0.717, 1.165) is 12.8 Å². The first-order chi connectivity index (χ1) is 14.7. The number of likely N-dealkylation sites (N-methyl/N-ethyl adjacent to an activating group) is 1. The zero-order chi connectivity index (χ0) is 22.8. The van der Waals surface area contributed by atoms with Gasteiger partial charge in [-0.1, -0.05) is 0 Å². The highest BCUT2D eigenvalue weighted by Gasteiger charge is 2.44. The molecule has 170 valence electrons. The Hall–Kier alpha value is -2.24. The molecule has 2 aliphatic rings. The molecule has 11 heteroatoms. The molecule has 1 aliphatic heterocycles. The molecular weight excluding hydrogens is 444 g/mol. The van der Waals surface area contributed by atoms with E-state index in [9.17, 15) is 18.0 Å². The van der Waals surface area contributed by atoms with Crippen molar-refractivity contribution in [2.75, 3.05) is 40.0 Å². The van der Waals surface area contributed by atoms with Crippen molar-refractivity contribution >= 4 is 39.7 Å². The van der Waals surface area contributed by atoms with Crippen LogP contribution in [0.15, 0.2) is 23.1 Å². The average Bonchev–Trinajstić information content (AvgIpc) is 3.50. The summed E-state index contributed by atoms with van der Waals surface area (Å²) in [5.74, 6) is -0.0107. The highest BCUT2D eigenvalue weighted by Crippen LogP contribution is 2.40. The molecule has 31 heavy (non-hydrogen) atoms. The van der Waals surface area contributed by atoms with E-state index < -0.39 is 22.0 Å². The predicted molar refractivity (Wildman–Crippen MR) is 117 cm³/mol. The van der Waals surface area contributed by atoms with Crippen LogP contribution in [0.1, 0.15) is 18.4 Å². The van der Waals surface area contributed by atoms with Gasteiger partial charge in [0.05, 0.1) is 27.2 Å². The molecule has 1 unspecified atom stereocenters. The van der Waals surface area contributed by atoms with Crippen LogP contribution in [0.4, 0.5) is 0 Å². The van der Waals surface area contributed by atoms with Gasteiger partial charge in [-0.15, -0.1) is 11.8 Å². The summed E-state index contributed by atoms with van der Waals surface area (Å²) in [7, 11) is 1.61. The maximum Gasteiger partial charge on any atom is 0.330 e. The predicted octanol–water partition coefficient (Wildman–Crippen LogP) is 1.57. The topological polar surface area (TPSA) is 102 Å². The summed E-state index contributed by atoms with van der Waals surface area (Å²) in [5.41, 5.74) is 0.409. The maximum atomic E-state index is 13.6. The SMILES string of the molecule is COC(=O)/C=C/c1cc(OC)c(OC)c(S(=O)(=O)N2CSCC2C(=O)N(C)C2CC2)c1. The summed E-state index contributed by atoms with van der Waals surface area (Å²) in [6.45, 7) is 0. The number of hydrogen-bond donors (Lipinski definition) is 0. The van der Waals surface area contributed by atoms with Crippen LogP contribution >= 0.6 is 11.8 Å². The van der Waals surface area contributed by atoms with Crippen LogP contribution in [0.5, 0.6) is 11.5 Å². The third-order valence-electron chi connectivity index (χ3n) is 5.24. The number of rotatable bonds is 8. The fourth-order valence-corrected chi connectivity index (χ4v) is 6.67. The van der Waals surface area contributed by atoms with Gasteiger partial charge in [-0.25, -0.2) is 13.2 Å². The summed E-state index contributed by atoms with van der Waals surface area (Å²) >= 11 is 1.39. The Morgan fingerprint density at radius 3 is 2.48 bits per heavy atom. The molecule has 1 aromatic rings. The normalized spacial score (nSPS) is 19.4. The van der Waals surface area contributed by atoms with Crippen molar-refractivity contribution in [3.8, 4) is 11.5 Å². The molecule has 1 aliphatic carbocycles. The fourth-order valence-electron chi connectivity index (χ4n) is 3.33. The minimum atomic E-state index is -4.10. The highest BCUT2D eigenvalue weighted by molar-refractivity contribution is 8.00. The lowest BCUT2D eigenvalue weighted by molar-refractivity contribution is -0.135. The lowest BCUT2D eigenvalue weighted by Gasteiger charge is -2.27. The molecular formula is C20H26N2O7S2. The summed E-state index contributed by atoms with van der Waals surface area (Å²) in [5, 5.41) is 0. The van der Waals surface area contributed by atoms with E-state index in [-0.39, 0.29) is 34.2 Å². The summed E-state index contributed by atoms with van der Waals surface area (Å²) < 4.78 is 43.8. The van der Waals surface area contributed by atoms with Crippen molar-refractivity contribution in [2.45, 2.75) is 29.8 Å². The van der Waals surface area contributed by atoms with Crippen molar-refractivity contribution in [3.63, 3.8) is 0 Å². The Morgan fingerprint density at radius 2 is 1.90 bits per heavy atom. The number of carbonyl (C=O) groups is 2. The lowest BCUT2D eigenvalue weighted by Crippen LogP contribution is -2.48. The summed E-state index contributed by atoms with van der Waals surface area (Å²) in [6, 6.07) is 2.35. The fraction of sp³-hybridized carbons (Fsp3) is 0.500. The van der Waals surface area contributed by atoms with Crippen LogP contribution in [0, 0.1) is 0 Å². The third kappa shape index (κ3) is 4.83. The molecule has 1 saturated heterocycles. The van der Waals surface area contributed by atoms with Crippen molar-refractivity contribution in [3.05, 3.63) is 23.8 Å². The monoisotopic (exact) mass is 470 g/mol. The van der Waals surface area contributed by atoms with Gasteiger partial charge in [-0.2, -0.15) is 4.31 Å². The molecule has 1 aromatic carbocycles. The Kier molecular flexibility index (Phi) is 7.17. The van der Waals surface area contributed by atoms with E-state index >= 15 is 0 Å². The molecule has 9 nitrogen and oxygen atoms in total. The van der Waals surface area contributed by atoms with Crippen LogP contribution < -0.4 is 9.47 Å². The second-order valence-electron chi connectivity index (χ2n) is 7.20. The zero-order valence-electron chi connectivity index (χ0n) is 17.9. The molecule has 0 radical (unpaired) electrons. The largest absolute Gasteiger partial charge is 0.493 e. The molecule has 0 aromatic heterocycles. The van der Waals surface area contributed by atoms with Gasteiger partial charge in [0.25, 0.3) is 0 Å². The number of esters is 1. The Balaban J connectivity index is 2.02. The van der Waals surface area contributed by atoms with Gasteiger partial charge in [0.2, 0.25) is 15.9 Å². The number of methoxy groups -OCH3 is 3. The minimum absolute atomic E-state index is 0.0383. The number of nitrogens with zero attached hydrogens (tertiary/aromatic N) is 2. The van der Waals surface area contributed by atoms with E-state index in [2.05, 4.69) is 4.74 Å². The Labute approximate surface area is 186 Å². The first-order valence-electron chi connectivity index (χ1n) is 9.62. The number of benzene rings is 1. The molecule has 0 bridgehead atoms. The first kappa shape index (κ1) is 23.4. The number of thioether (sulfide) groups is 1. The number of ether oxygens (including phenoxy) is 3. The smallest absolute Gasteiger partial charge is 0.330 e. The molecule has 1 saturated carbocycles.